The summed E-state index contributed by atoms with van der Waals surface area (Å²) in [6, 6.07) is 0.110. The summed E-state index contributed by atoms with van der Waals surface area (Å²) < 4.78 is 5.97. The van der Waals surface area contributed by atoms with Crippen molar-refractivity contribution >= 4 is 11.7 Å². The number of fused-ring (bicyclic) bond motifs is 2. The summed E-state index contributed by atoms with van der Waals surface area (Å²) >= 11 is 0. The molecule has 6 heteroatoms. The average Bonchev–Trinajstić information content (AvgIpc) is 3.13. The molecule has 128 valence electrons. The van der Waals surface area contributed by atoms with Crippen LogP contribution in [0.15, 0.2) is 12.4 Å². The molecule has 2 N–H and O–H groups in total. The number of nitrogens with one attached hydrogen (secondary N) is 2. The van der Waals surface area contributed by atoms with Crippen molar-refractivity contribution in [3.63, 3.8) is 0 Å². The van der Waals surface area contributed by atoms with Gasteiger partial charge in [-0.15, -0.1) is 0 Å². The molecular formula is C18H24N4O2. The Morgan fingerprint density at radius 3 is 2.62 bits per heavy atom. The molecule has 4 fully saturated rings. The molecule has 3 atom stereocenters. The zero-order valence-corrected chi connectivity index (χ0v) is 13.8. The standard InChI is InChI=1S/C18H24N4O2/c23-17(21-12-9-19-16(20-10-12)11-3-4-11)22-14-13-5-8-24-15(13)18(14)6-1-2-7-18/h9-11,13-15H,1-8H2,(H2,21,22,23). The van der Waals surface area contributed by atoms with Crippen LogP contribution in [0.1, 0.15) is 56.7 Å². The van der Waals surface area contributed by atoms with Crippen molar-refractivity contribution < 1.29 is 9.53 Å². The molecule has 2 heterocycles. The lowest BCUT2D eigenvalue weighted by atomic mass is 9.54. The third-order valence-electron chi connectivity index (χ3n) is 6.44. The van der Waals surface area contributed by atoms with E-state index in [1.807, 2.05) is 0 Å². The number of amides is 2. The van der Waals surface area contributed by atoms with Crippen LogP contribution in [-0.2, 0) is 4.74 Å². The number of anilines is 1. The molecule has 3 unspecified atom stereocenters. The molecule has 1 saturated heterocycles. The lowest BCUT2D eigenvalue weighted by Gasteiger charge is -2.56. The zero-order chi connectivity index (χ0) is 16.1. The Kier molecular flexibility index (Phi) is 3.30. The van der Waals surface area contributed by atoms with Crippen molar-refractivity contribution in [1.82, 2.24) is 15.3 Å². The molecular weight excluding hydrogens is 304 g/mol. The van der Waals surface area contributed by atoms with Crippen molar-refractivity contribution in [3.05, 3.63) is 18.2 Å². The van der Waals surface area contributed by atoms with E-state index in [1.165, 1.54) is 38.5 Å². The molecule has 4 aliphatic rings. The first-order valence-electron chi connectivity index (χ1n) is 9.27. The van der Waals surface area contributed by atoms with Crippen molar-refractivity contribution in [2.75, 3.05) is 11.9 Å². The third-order valence-corrected chi connectivity index (χ3v) is 6.44. The maximum atomic E-state index is 12.5. The molecule has 1 aromatic rings. The maximum absolute atomic E-state index is 12.5. The Balaban J connectivity index is 1.24. The second kappa shape index (κ2) is 5.41. The summed E-state index contributed by atoms with van der Waals surface area (Å²) in [5.74, 6) is 1.92. The fraction of sp³-hybridized carbons (Fsp3) is 0.722. The van der Waals surface area contributed by atoms with E-state index in [2.05, 4.69) is 20.6 Å². The number of carbonyl (C=O) groups excluding carboxylic acids is 1. The van der Waals surface area contributed by atoms with Crippen molar-refractivity contribution in [1.29, 1.82) is 0 Å². The molecule has 1 aliphatic heterocycles. The maximum Gasteiger partial charge on any atom is 0.319 e. The number of hydrogen-bond acceptors (Lipinski definition) is 4. The summed E-state index contributed by atoms with van der Waals surface area (Å²) in [6.07, 6.45) is 12.1. The van der Waals surface area contributed by atoms with Gasteiger partial charge in [0.15, 0.2) is 0 Å². The fourth-order valence-corrected chi connectivity index (χ4v) is 5.17. The topological polar surface area (TPSA) is 76.1 Å². The number of rotatable bonds is 3. The zero-order valence-electron chi connectivity index (χ0n) is 13.8. The van der Waals surface area contributed by atoms with Gasteiger partial charge in [-0.25, -0.2) is 14.8 Å². The van der Waals surface area contributed by atoms with Crippen LogP contribution in [0, 0.1) is 11.3 Å². The van der Waals surface area contributed by atoms with E-state index in [4.69, 9.17) is 4.74 Å². The van der Waals surface area contributed by atoms with Gasteiger partial charge in [-0.05, 0) is 32.1 Å². The quantitative estimate of drug-likeness (QED) is 0.894. The Bertz CT molecular complexity index is 637. The normalized spacial score (nSPS) is 33.1. The Hall–Kier alpha value is -1.69. The molecule has 24 heavy (non-hydrogen) atoms. The second-order valence-electron chi connectivity index (χ2n) is 7.86. The molecule has 1 aromatic heterocycles. The third kappa shape index (κ3) is 2.23. The van der Waals surface area contributed by atoms with Crippen LogP contribution >= 0.6 is 0 Å². The van der Waals surface area contributed by atoms with Crippen LogP contribution in [-0.4, -0.2) is 34.8 Å². The minimum Gasteiger partial charge on any atom is -0.377 e. The van der Waals surface area contributed by atoms with Crippen LogP contribution in [0.2, 0.25) is 0 Å². The Morgan fingerprint density at radius 2 is 1.92 bits per heavy atom. The van der Waals surface area contributed by atoms with E-state index < -0.39 is 0 Å². The number of ether oxygens (including phenoxy) is 1. The Labute approximate surface area is 141 Å². The molecule has 3 aliphatic carbocycles. The number of aromatic nitrogens is 2. The number of urea groups is 1. The lowest BCUT2D eigenvalue weighted by Crippen LogP contribution is -2.68. The second-order valence-corrected chi connectivity index (χ2v) is 7.86. The predicted octanol–water partition coefficient (Wildman–Crippen LogP) is 2.82. The van der Waals surface area contributed by atoms with Crippen LogP contribution in [0.3, 0.4) is 0 Å². The fourth-order valence-electron chi connectivity index (χ4n) is 5.17. The van der Waals surface area contributed by atoms with Crippen molar-refractivity contribution in [2.45, 2.75) is 63.0 Å². The van der Waals surface area contributed by atoms with Gasteiger partial charge >= 0.3 is 6.03 Å². The highest BCUT2D eigenvalue weighted by Gasteiger charge is 2.65. The van der Waals surface area contributed by atoms with Gasteiger partial charge < -0.3 is 15.4 Å². The summed E-state index contributed by atoms with van der Waals surface area (Å²) in [7, 11) is 0. The average molecular weight is 328 g/mol. The van der Waals surface area contributed by atoms with Crippen LogP contribution < -0.4 is 10.6 Å². The largest absolute Gasteiger partial charge is 0.377 e. The summed E-state index contributed by atoms with van der Waals surface area (Å²) in [5.41, 5.74) is 0.848. The summed E-state index contributed by atoms with van der Waals surface area (Å²) in [4.78, 5) is 21.2. The minimum atomic E-state index is -0.139. The van der Waals surface area contributed by atoms with Crippen molar-refractivity contribution in [3.8, 4) is 0 Å². The minimum absolute atomic E-state index is 0.139. The SMILES string of the molecule is O=C(Nc1cnc(C2CC2)nc1)NC1C2CCOC2C12CCCC2. The summed E-state index contributed by atoms with van der Waals surface area (Å²) in [6.45, 7) is 0.841. The molecule has 2 amide bonds. The molecule has 3 saturated carbocycles. The highest BCUT2D eigenvalue weighted by molar-refractivity contribution is 5.89. The molecule has 1 spiro atoms. The number of hydrogen-bond donors (Lipinski definition) is 2. The van der Waals surface area contributed by atoms with Gasteiger partial charge in [-0.1, -0.05) is 12.8 Å². The first-order chi connectivity index (χ1) is 11.8. The molecule has 0 aromatic carbocycles. The van der Waals surface area contributed by atoms with E-state index in [1.54, 1.807) is 12.4 Å². The van der Waals surface area contributed by atoms with Crippen molar-refractivity contribution in [2.24, 2.45) is 11.3 Å². The molecule has 5 rings (SSSR count). The molecule has 6 nitrogen and oxygen atoms in total. The van der Waals surface area contributed by atoms with Gasteiger partial charge in [0.1, 0.15) is 5.82 Å². The van der Waals surface area contributed by atoms with E-state index in [9.17, 15) is 4.79 Å². The summed E-state index contributed by atoms with van der Waals surface area (Å²) in [5, 5.41) is 6.13. The van der Waals surface area contributed by atoms with Gasteiger partial charge in [-0.2, -0.15) is 0 Å². The smallest absolute Gasteiger partial charge is 0.319 e. The first-order valence-corrected chi connectivity index (χ1v) is 9.27. The highest BCUT2D eigenvalue weighted by Crippen LogP contribution is 2.60. The van der Waals surface area contributed by atoms with Gasteiger partial charge in [0.05, 0.1) is 24.2 Å². The number of carbonyl (C=O) groups is 1. The number of nitrogens with zero attached hydrogens (tertiary/aromatic N) is 2. The van der Waals surface area contributed by atoms with Gasteiger partial charge in [-0.3, -0.25) is 0 Å². The van der Waals surface area contributed by atoms with Gasteiger partial charge in [0.25, 0.3) is 0 Å². The lowest BCUT2D eigenvalue weighted by molar-refractivity contribution is -0.125. The van der Waals surface area contributed by atoms with Crippen LogP contribution in [0.5, 0.6) is 0 Å². The predicted molar refractivity (Wildman–Crippen MR) is 88.7 cm³/mol. The van der Waals surface area contributed by atoms with Gasteiger partial charge in [0.2, 0.25) is 0 Å². The Morgan fingerprint density at radius 1 is 1.17 bits per heavy atom. The first kappa shape index (κ1) is 14.6. The molecule has 0 radical (unpaired) electrons. The van der Waals surface area contributed by atoms with E-state index in [0.29, 0.717) is 23.6 Å². The molecule has 0 bridgehead atoms. The monoisotopic (exact) mass is 328 g/mol. The van der Waals surface area contributed by atoms with E-state index in [-0.39, 0.29) is 17.5 Å². The van der Waals surface area contributed by atoms with Gasteiger partial charge in [0, 0.05) is 29.9 Å². The van der Waals surface area contributed by atoms with E-state index >= 15 is 0 Å². The van der Waals surface area contributed by atoms with Crippen LogP contribution in [0.4, 0.5) is 10.5 Å². The van der Waals surface area contributed by atoms with Crippen LogP contribution in [0.25, 0.3) is 0 Å². The highest BCUT2D eigenvalue weighted by atomic mass is 16.5. The van der Waals surface area contributed by atoms with E-state index in [0.717, 1.165) is 18.9 Å².